The van der Waals surface area contributed by atoms with Crippen LogP contribution in [0.15, 0.2) is 71.5 Å². The number of nitrogens with zero attached hydrogens (tertiary/aromatic N) is 5. The van der Waals surface area contributed by atoms with Crippen LogP contribution in [0.4, 0.5) is 0 Å². The first-order chi connectivity index (χ1) is 13.4. The fourth-order valence-electron chi connectivity index (χ4n) is 2.56. The van der Waals surface area contributed by atoms with Crippen molar-refractivity contribution in [1.29, 1.82) is 0 Å². The third-order valence-corrected chi connectivity index (χ3v) is 6.86. The van der Waals surface area contributed by atoms with E-state index in [0.717, 1.165) is 22.1 Å². The van der Waals surface area contributed by atoms with Gasteiger partial charge in [0.1, 0.15) is 0 Å². The molecule has 146 valence electrons. The van der Waals surface area contributed by atoms with Gasteiger partial charge in [0.25, 0.3) is 0 Å². The summed E-state index contributed by atoms with van der Waals surface area (Å²) >= 11 is 1.50. The van der Waals surface area contributed by atoms with Gasteiger partial charge in [-0.15, -0.1) is 16.8 Å². The van der Waals surface area contributed by atoms with Crippen LogP contribution in [0.25, 0.3) is 11.4 Å². The SMILES string of the molecule is C=CCn1c(SCc2cccc(S(=O)(=O)N(C)C)c2)nnc1-c1ccncc1. The first kappa shape index (κ1) is 20.2. The predicted octanol–water partition coefficient (Wildman–Crippen LogP) is 3.07. The maximum Gasteiger partial charge on any atom is 0.242 e. The molecule has 0 saturated carbocycles. The first-order valence-corrected chi connectivity index (χ1v) is 10.9. The number of pyridine rings is 1. The topological polar surface area (TPSA) is 81.0 Å². The highest BCUT2D eigenvalue weighted by Gasteiger charge is 2.18. The average molecular weight is 416 g/mol. The molecule has 7 nitrogen and oxygen atoms in total. The molecule has 28 heavy (non-hydrogen) atoms. The van der Waals surface area contributed by atoms with Gasteiger partial charge in [0.15, 0.2) is 11.0 Å². The van der Waals surface area contributed by atoms with Crippen molar-refractivity contribution in [3.05, 3.63) is 67.0 Å². The lowest BCUT2D eigenvalue weighted by molar-refractivity contribution is 0.520. The van der Waals surface area contributed by atoms with Gasteiger partial charge in [0.2, 0.25) is 10.0 Å². The second kappa shape index (κ2) is 8.68. The van der Waals surface area contributed by atoms with Crippen molar-refractivity contribution in [2.75, 3.05) is 14.1 Å². The third kappa shape index (κ3) is 4.32. The van der Waals surface area contributed by atoms with Crippen LogP contribution in [-0.4, -0.2) is 46.6 Å². The summed E-state index contributed by atoms with van der Waals surface area (Å²) in [6.45, 7) is 4.39. The largest absolute Gasteiger partial charge is 0.298 e. The molecule has 9 heteroatoms. The van der Waals surface area contributed by atoms with E-state index in [-0.39, 0.29) is 4.90 Å². The summed E-state index contributed by atoms with van der Waals surface area (Å²) in [6.07, 6.45) is 5.22. The molecule has 0 N–H and O–H groups in total. The van der Waals surface area contributed by atoms with Crippen LogP contribution in [0.3, 0.4) is 0 Å². The zero-order valence-electron chi connectivity index (χ0n) is 15.7. The molecule has 0 aliphatic heterocycles. The van der Waals surface area contributed by atoms with Crippen molar-refractivity contribution in [3.8, 4) is 11.4 Å². The highest BCUT2D eigenvalue weighted by atomic mass is 32.2. The minimum absolute atomic E-state index is 0.278. The minimum Gasteiger partial charge on any atom is -0.298 e. The number of allylic oxidation sites excluding steroid dienone is 1. The van der Waals surface area contributed by atoms with Crippen molar-refractivity contribution >= 4 is 21.8 Å². The Morgan fingerprint density at radius 1 is 1.18 bits per heavy atom. The average Bonchev–Trinajstić information content (AvgIpc) is 3.10. The molecule has 0 saturated heterocycles. The van der Waals surface area contributed by atoms with E-state index in [2.05, 4.69) is 21.8 Å². The summed E-state index contributed by atoms with van der Waals surface area (Å²) in [4.78, 5) is 4.31. The van der Waals surface area contributed by atoms with Crippen molar-refractivity contribution in [2.45, 2.75) is 22.3 Å². The molecule has 0 radical (unpaired) electrons. The number of hydrogen-bond donors (Lipinski definition) is 0. The van der Waals surface area contributed by atoms with E-state index in [1.165, 1.54) is 30.2 Å². The van der Waals surface area contributed by atoms with E-state index in [4.69, 9.17) is 0 Å². The molecule has 0 spiro atoms. The lowest BCUT2D eigenvalue weighted by atomic mass is 10.2. The maximum atomic E-state index is 12.3. The molecule has 0 fully saturated rings. The molecule has 2 aromatic heterocycles. The third-order valence-electron chi connectivity index (χ3n) is 4.01. The van der Waals surface area contributed by atoms with Gasteiger partial charge in [-0.25, -0.2) is 12.7 Å². The second-order valence-electron chi connectivity index (χ2n) is 6.16. The molecular formula is C19H21N5O2S2. The maximum absolute atomic E-state index is 12.3. The van der Waals surface area contributed by atoms with Gasteiger partial charge >= 0.3 is 0 Å². The lowest BCUT2D eigenvalue weighted by Crippen LogP contribution is -2.22. The molecule has 2 heterocycles. The molecule has 1 aromatic carbocycles. The smallest absolute Gasteiger partial charge is 0.242 e. The van der Waals surface area contributed by atoms with Crippen molar-refractivity contribution in [1.82, 2.24) is 24.1 Å². The Balaban J connectivity index is 1.84. The Kier molecular flexibility index (Phi) is 6.28. The number of sulfonamides is 1. The Morgan fingerprint density at radius 3 is 2.61 bits per heavy atom. The number of thioether (sulfide) groups is 1. The second-order valence-corrected chi connectivity index (χ2v) is 9.26. The number of hydrogen-bond acceptors (Lipinski definition) is 6. The first-order valence-electron chi connectivity index (χ1n) is 8.52. The molecule has 0 unspecified atom stereocenters. The summed E-state index contributed by atoms with van der Waals surface area (Å²) in [6, 6.07) is 10.7. The van der Waals surface area contributed by atoms with Crippen LogP contribution in [-0.2, 0) is 22.3 Å². The Labute approximate surface area is 169 Å². The fourth-order valence-corrected chi connectivity index (χ4v) is 4.42. The van der Waals surface area contributed by atoms with Crippen LogP contribution >= 0.6 is 11.8 Å². The zero-order chi connectivity index (χ0) is 20.1. The Bertz CT molecular complexity index is 1060. The van der Waals surface area contributed by atoms with E-state index in [0.29, 0.717) is 12.3 Å². The highest BCUT2D eigenvalue weighted by molar-refractivity contribution is 7.98. The summed E-state index contributed by atoms with van der Waals surface area (Å²) in [5.74, 6) is 1.32. The molecule has 0 bridgehead atoms. The van der Waals surface area contributed by atoms with Crippen molar-refractivity contribution in [3.63, 3.8) is 0 Å². The summed E-state index contributed by atoms with van der Waals surface area (Å²) in [5.41, 5.74) is 1.82. The minimum atomic E-state index is -3.46. The van der Waals surface area contributed by atoms with Gasteiger partial charge in [0.05, 0.1) is 4.90 Å². The van der Waals surface area contributed by atoms with Gasteiger partial charge < -0.3 is 0 Å². The van der Waals surface area contributed by atoms with Crippen molar-refractivity contribution in [2.24, 2.45) is 0 Å². The van der Waals surface area contributed by atoms with Gasteiger partial charge in [-0.1, -0.05) is 30.0 Å². The molecule has 0 aliphatic rings. The molecule has 3 rings (SSSR count). The molecule has 0 aliphatic carbocycles. The summed E-state index contributed by atoms with van der Waals surface area (Å²) in [7, 11) is -0.413. The van der Waals surface area contributed by atoms with E-state index in [1.807, 2.05) is 22.8 Å². The van der Waals surface area contributed by atoms with E-state index < -0.39 is 10.0 Å². The van der Waals surface area contributed by atoms with E-state index >= 15 is 0 Å². The van der Waals surface area contributed by atoms with Crippen LogP contribution in [0, 0.1) is 0 Å². The standard InChI is InChI=1S/C19H21N5O2S2/c1-4-12-24-18(16-8-10-20-11-9-16)21-22-19(24)27-14-15-6-5-7-17(13-15)28(25,26)23(2)3/h4-11,13H,1,12,14H2,2-3H3. The van der Waals surface area contributed by atoms with Crippen LogP contribution in [0.2, 0.25) is 0 Å². The van der Waals surface area contributed by atoms with E-state index in [9.17, 15) is 8.42 Å². The Hall–Kier alpha value is -2.49. The predicted molar refractivity (Wildman–Crippen MR) is 110 cm³/mol. The van der Waals surface area contributed by atoms with Gasteiger partial charge in [-0.2, -0.15) is 0 Å². The van der Waals surface area contributed by atoms with Gasteiger partial charge in [-0.05, 0) is 29.8 Å². The molecular weight excluding hydrogens is 394 g/mol. The van der Waals surface area contributed by atoms with Crippen LogP contribution in [0.1, 0.15) is 5.56 Å². The van der Waals surface area contributed by atoms with Gasteiger partial charge in [-0.3, -0.25) is 9.55 Å². The fraction of sp³-hybridized carbons (Fsp3) is 0.211. The Morgan fingerprint density at radius 2 is 1.93 bits per heavy atom. The lowest BCUT2D eigenvalue weighted by Gasteiger charge is -2.12. The molecule has 0 atom stereocenters. The quantitative estimate of drug-likeness (QED) is 0.415. The monoisotopic (exact) mass is 415 g/mol. The van der Waals surface area contributed by atoms with E-state index in [1.54, 1.807) is 36.7 Å². The van der Waals surface area contributed by atoms with Gasteiger partial charge in [0, 0.05) is 44.4 Å². The van der Waals surface area contributed by atoms with Crippen molar-refractivity contribution < 1.29 is 8.42 Å². The molecule has 0 amide bonds. The highest BCUT2D eigenvalue weighted by Crippen LogP contribution is 2.27. The number of rotatable bonds is 8. The number of aromatic nitrogens is 4. The number of benzene rings is 1. The normalized spacial score (nSPS) is 11.7. The van der Waals surface area contributed by atoms with Crippen LogP contribution < -0.4 is 0 Å². The molecule has 3 aromatic rings. The summed E-state index contributed by atoms with van der Waals surface area (Å²) in [5, 5.41) is 9.36. The zero-order valence-corrected chi connectivity index (χ0v) is 17.3. The van der Waals surface area contributed by atoms with Crippen LogP contribution in [0.5, 0.6) is 0 Å². The summed E-state index contributed by atoms with van der Waals surface area (Å²) < 4.78 is 27.9.